The van der Waals surface area contributed by atoms with Crippen molar-refractivity contribution in [3.05, 3.63) is 5.89 Å². The van der Waals surface area contributed by atoms with E-state index in [0.717, 1.165) is 19.5 Å². The quantitative estimate of drug-likeness (QED) is 0.860. The van der Waals surface area contributed by atoms with Crippen molar-refractivity contribution in [1.29, 1.82) is 0 Å². The van der Waals surface area contributed by atoms with Crippen molar-refractivity contribution >= 4 is 11.9 Å². The molecule has 2 aliphatic rings. The van der Waals surface area contributed by atoms with Gasteiger partial charge in [-0.05, 0) is 19.3 Å². The van der Waals surface area contributed by atoms with Crippen LogP contribution in [0.15, 0.2) is 4.42 Å². The smallest absolute Gasteiger partial charge is 0.322 e. The first-order valence-electron chi connectivity index (χ1n) is 7.72. The highest BCUT2D eigenvalue weighted by atomic mass is 16.4. The molecular weight excluding hydrogens is 270 g/mol. The maximum Gasteiger partial charge on any atom is 0.322 e. The zero-order valence-electron chi connectivity index (χ0n) is 12.6. The summed E-state index contributed by atoms with van der Waals surface area (Å²) in [5, 5.41) is 14.0. The first-order valence-corrected chi connectivity index (χ1v) is 7.72. The van der Waals surface area contributed by atoms with Gasteiger partial charge in [0.15, 0.2) is 0 Å². The SMILES string of the molecule is CC(C)c1nnc(NC(=O)CN2CCC3CCC(C2)N3)o1. The highest BCUT2D eigenvalue weighted by molar-refractivity contribution is 5.90. The van der Waals surface area contributed by atoms with Crippen LogP contribution in [-0.2, 0) is 4.79 Å². The van der Waals surface area contributed by atoms with Crippen molar-refractivity contribution in [2.45, 2.75) is 51.1 Å². The molecule has 0 radical (unpaired) electrons. The van der Waals surface area contributed by atoms with Gasteiger partial charge in [-0.2, -0.15) is 0 Å². The lowest BCUT2D eigenvalue weighted by molar-refractivity contribution is -0.117. The minimum Gasteiger partial charge on any atom is -0.408 e. The molecule has 2 aliphatic heterocycles. The number of anilines is 1. The zero-order chi connectivity index (χ0) is 14.8. The molecule has 0 aliphatic carbocycles. The molecule has 3 rings (SSSR count). The average Bonchev–Trinajstić information content (AvgIpc) is 2.99. The van der Waals surface area contributed by atoms with E-state index in [1.807, 2.05) is 13.8 Å². The number of amides is 1. The van der Waals surface area contributed by atoms with Crippen LogP contribution in [0.4, 0.5) is 6.01 Å². The highest BCUT2D eigenvalue weighted by Crippen LogP contribution is 2.20. The Morgan fingerprint density at radius 1 is 1.38 bits per heavy atom. The second-order valence-electron chi connectivity index (χ2n) is 6.31. The molecule has 116 valence electrons. The molecule has 0 aromatic carbocycles. The fourth-order valence-electron chi connectivity index (χ4n) is 3.04. The van der Waals surface area contributed by atoms with E-state index in [1.165, 1.54) is 12.8 Å². The molecule has 3 heterocycles. The van der Waals surface area contributed by atoms with Gasteiger partial charge in [-0.3, -0.25) is 15.0 Å². The van der Waals surface area contributed by atoms with Gasteiger partial charge in [0.25, 0.3) is 0 Å². The Morgan fingerprint density at radius 2 is 2.19 bits per heavy atom. The minimum atomic E-state index is -0.0910. The molecule has 1 amide bonds. The molecule has 2 unspecified atom stereocenters. The maximum atomic E-state index is 12.1. The topological polar surface area (TPSA) is 83.3 Å². The lowest BCUT2D eigenvalue weighted by atomic mass is 10.1. The van der Waals surface area contributed by atoms with E-state index in [9.17, 15) is 4.79 Å². The largest absolute Gasteiger partial charge is 0.408 e. The summed E-state index contributed by atoms with van der Waals surface area (Å²) >= 11 is 0. The van der Waals surface area contributed by atoms with Crippen LogP contribution in [0.5, 0.6) is 0 Å². The molecule has 2 fully saturated rings. The lowest BCUT2D eigenvalue weighted by Crippen LogP contribution is -2.39. The highest BCUT2D eigenvalue weighted by Gasteiger charge is 2.29. The number of aromatic nitrogens is 2. The third-order valence-electron chi connectivity index (χ3n) is 4.16. The summed E-state index contributed by atoms with van der Waals surface area (Å²) < 4.78 is 5.39. The fourth-order valence-corrected chi connectivity index (χ4v) is 3.04. The van der Waals surface area contributed by atoms with Crippen LogP contribution in [0.3, 0.4) is 0 Å². The Bertz CT molecular complexity index is 501. The summed E-state index contributed by atoms with van der Waals surface area (Å²) in [6, 6.07) is 1.35. The molecule has 0 spiro atoms. The molecular formula is C14H23N5O2. The van der Waals surface area contributed by atoms with Crippen LogP contribution in [0.25, 0.3) is 0 Å². The normalized spacial score (nSPS) is 26.0. The van der Waals surface area contributed by atoms with Gasteiger partial charge >= 0.3 is 6.01 Å². The van der Waals surface area contributed by atoms with E-state index in [-0.39, 0.29) is 17.8 Å². The lowest BCUT2D eigenvalue weighted by Gasteiger charge is -2.22. The predicted octanol–water partition coefficient (Wildman–Crippen LogP) is 0.958. The monoisotopic (exact) mass is 293 g/mol. The molecule has 2 atom stereocenters. The van der Waals surface area contributed by atoms with Gasteiger partial charge in [-0.15, -0.1) is 5.10 Å². The molecule has 2 N–H and O–H groups in total. The standard InChI is InChI=1S/C14H23N5O2/c1-9(2)13-17-18-14(21-13)16-12(20)8-19-6-5-10-3-4-11(7-19)15-10/h9-11,15H,3-8H2,1-2H3,(H,16,18,20). The van der Waals surface area contributed by atoms with E-state index in [1.54, 1.807) is 0 Å². The van der Waals surface area contributed by atoms with E-state index >= 15 is 0 Å². The molecule has 0 saturated carbocycles. The number of carbonyl (C=O) groups excluding carboxylic acids is 1. The minimum absolute atomic E-state index is 0.0910. The van der Waals surface area contributed by atoms with Gasteiger partial charge < -0.3 is 9.73 Å². The van der Waals surface area contributed by atoms with Crippen LogP contribution < -0.4 is 10.6 Å². The number of carbonyl (C=O) groups is 1. The van der Waals surface area contributed by atoms with Crippen molar-refractivity contribution in [1.82, 2.24) is 20.4 Å². The first kappa shape index (κ1) is 14.5. The molecule has 7 heteroatoms. The Labute approximate surface area is 124 Å². The number of nitrogens with one attached hydrogen (secondary N) is 2. The molecule has 7 nitrogen and oxygen atoms in total. The zero-order valence-corrected chi connectivity index (χ0v) is 12.6. The Morgan fingerprint density at radius 3 is 2.95 bits per heavy atom. The second-order valence-corrected chi connectivity index (χ2v) is 6.31. The molecule has 2 bridgehead atoms. The summed E-state index contributed by atoms with van der Waals surface area (Å²) in [7, 11) is 0. The number of hydrogen-bond donors (Lipinski definition) is 2. The van der Waals surface area contributed by atoms with Gasteiger partial charge in [0.05, 0.1) is 6.54 Å². The number of rotatable bonds is 4. The molecule has 21 heavy (non-hydrogen) atoms. The third kappa shape index (κ3) is 3.59. The molecule has 1 aromatic rings. The summed E-state index contributed by atoms with van der Waals surface area (Å²) in [5.41, 5.74) is 0. The van der Waals surface area contributed by atoms with Crippen LogP contribution in [0, 0.1) is 0 Å². The summed E-state index contributed by atoms with van der Waals surface area (Å²) in [4.78, 5) is 14.3. The van der Waals surface area contributed by atoms with Gasteiger partial charge in [0.1, 0.15) is 0 Å². The maximum absolute atomic E-state index is 12.1. The third-order valence-corrected chi connectivity index (χ3v) is 4.16. The van der Waals surface area contributed by atoms with E-state index in [2.05, 4.69) is 25.7 Å². The summed E-state index contributed by atoms with van der Waals surface area (Å²) in [6.07, 6.45) is 3.59. The molecule has 1 aromatic heterocycles. The van der Waals surface area contributed by atoms with Crippen molar-refractivity contribution in [3.63, 3.8) is 0 Å². The van der Waals surface area contributed by atoms with Gasteiger partial charge in [0, 0.05) is 31.1 Å². The van der Waals surface area contributed by atoms with E-state index < -0.39 is 0 Å². The first-order chi connectivity index (χ1) is 10.1. The Hall–Kier alpha value is -1.47. The van der Waals surface area contributed by atoms with Gasteiger partial charge in [-0.1, -0.05) is 18.9 Å². The number of hydrogen-bond acceptors (Lipinski definition) is 6. The van der Waals surface area contributed by atoms with Gasteiger partial charge in [0.2, 0.25) is 11.8 Å². The van der Waals surface area contributed by atoms with E-state index in [4.69, 9.17) is 4.42 Å². The molecule has 2 saturated heterocycles. The van der Waals surface area contributed by atoms with Crippen LogP contribution in [0.1, 0.15) is 44.9 Å². The Balaban J connectivity index is 1.51. The predicted molar refractivity (Wildman–Crippen MR) is 78.0 cm³/mol. The summed E-state index contributed by atoms with van der Waals surface area (Å²) in [5.74, 6) is 0.615. The average molecular weight is 293 g/mol. The van der Waals surface area contributed by atoms with Crippen molar-refractivity contribution in [2.75, 3.05) is 25.0 Å². The van der Waals surface area contributed by atoms with Crippen LogP contribution in [0.2, 0.25) is 0 Å². The van der Waals surface area contributed by atoms with Crippen molar-refractivity contribution < 1.29 is 9.21 Å². The summed E-state index contributed by atoms with van der Waals surface area (Å²) in [6.45, 7) is 6.22. The second kappa shape index (κ2) is 6.11. The number of nitrogens with zero attached hydrogens (tertiary/aromatic N) is 3. The van der Waals surface area contributed by atoms with Gasteiger partial charge in [-0.25, -0.2) is 0 Å². The Kier molecular flexibility index (Phi) is 4.21. The number of likely N-dealkylation sites (tertiary alicyclic amines) is 1. The van der Waals surface area contributed by atoms with Crippen molar-refractivity contribution in [3.8, 4) is 0 Å². The van der Waals surface area contributed by atoms with Crippen LogP contribution in [-0.4, -0.2) is 52.7 Å². The van der Waals surface area contributed by atoms with Crippen LogP contribution >= 0.6 is 0 Å². The van der Waals surface area contributed by atoms with E-state index in [0.29, 0.717) is 24.5 Å². The number of fused-ring (bicyclic) bond motifs is 2. The van der Waals surface area contributed by atoms with Crippen molar-refractivity contribution in [2.24, 2.45) is 0 Å². The fraction of sp³-hybridized carbons (Fsp3) is 0.786.